The van der Waals surface area contributed by atoms with Crippen LogP contribution in [0.2, 0.25) is 0 Å². The molecule has 82 valence electrons. The number of aryl methyl sites for hydroxylation is 2. The summed E-state index contributed by atoms with van der Waals surface area (Å²) in [5, 5.41) is 9.03. The van der Waals surface area contributed by atoms with Crippen LogP contribution in [0.4, 0.5) is 0 Å². The minimum absolute atomic E-state index is 0.282. The number of carboxylic acids is 1. The van der Waals surface area contributed by atoms with Crippen molar-refractivity contribution in [2.24, 2.45) is 0 Å². The number of rotatable bonds is 2. The van der Waals surface area contributed by atoms with Crippen molar-refractivity contribution in [3.63, 3.8) is 0 Å². The highest BCUT2D eigenvalue weighted by atomic mass is 16.4. The van der Waals surface area contributed by atoms with Crippen LogP contribution in [0.3, 0.4) is 0 Å². The monoisotopic (exact) mass is 215 g/mol. The Morgan fingerprint density at radius 2 is 1.81 bits per heavy atom. The van der Waals surface area contributed by atoms with Crippen molar-refractivity contribution in [1.82, 2.24) is 4.57 Å². The molecular weight excluding hydrogens is 202 g/mol. The molecule has 2 aromatic rings. The highest BCUT2D eigenvalue weighted by Crippen LogP contribution is 2.16. The number of carbonyl (C=O) groups is 1. The first-order valence-corrected chi connectivity index (χ1v) is 5.07. The second-order valence-corrected chi connectivity index (χ2v) is 3.91. The third kappa shape index (κ3) is 1.84. The van der Waals surface area contributed by atoms with Crippen LogP contribution in [-0.4, -0.2) is 15.6 Å². The maximum absolute atomic E-state index is 11.0. The lowest BCUT2D eigenvalue weighted by molar-refractivity contribution is 0.0688. The van der Waals surface area contributed by atoms with E-state index in [0.29, 0.717) is 0 Å². The molecule has 1 aromatic carbocycles. The Kier molecular flexibility index (Phi) is 2.52. The molecule has 3 nitrogen and oxygen atoms in total. The largest absolute Gasteiger partial charge is 0.477 e. The van der Waals surface area contributed by atoms with Gasteiger partial charge >= 0.3 is 5.97 Å². The second-order valence-electron chi connectivity index (χ2n) is 3.91. The van der Waals surface area contributed by atoms with E-state index in [-0.39, 0.29) is 5.69 Å². The molecule has 0 saturated carbocycles. The number of aromatic nitrogens is 1. The lowest BCUT2D eigenvalue weighted by Gasteiger charge is -2.08. The molecule has 0 aliphatic rings. The van der Waals surface area contributed by atoms with E-state index in [2.05, 4.69) is 6.07 Å². The Labute approximate surface area is 94.0 Å². The maximum Gasteiger partial charge on any atom is 0.352 e. The number of nitrogens with zero attached hydrogens (tertiary/aromatic N) is 1. The van der Waals surface area contributed by atoms with Crippen molar-refractivity contribution in [1.29, 1.82) is 0 Å². The van der Waals surface area contributed by atoms with E-state index in [1.165, 1.54) is 0 Å². The van der Waals surface area contributed by atoms with E-state index in [9.17, 15) is 4.79 Å². The van der Waals surface area contributed by atoms with Crippen LogP contribution in [0.5, 0.6) is 0 Å². The van der Waals surface area contributed by atoms with Gasteiger partial charge in [-0.3, -0.25) is 0 Å². The van der Waals surface area contributed by atoms with Crippen molar-refractivity contribution in [2.75, 3.05) is 0 Å². The van der Waals surface area contributed by atoms with E-state index >= 15 is 0 Å². The van der Waals surface area contributed by atoms with Crippen LogP contribution in [0.25, 0.3) is 5.69 Å². The zero-order valence-electron chi connectivity index (χ0n) is 9.27. The molecule has 1 N–H and O–H groups in total. The molecule has 0 amide bonds. The number of hydrogen-bond donors (Lipinski definition) is 1. The van der Waals surface area contributed by atoms with Gasteiger partial charge in [0.15, 0.2) is 0 Å². The zero-order valence-corrected chi connectivity index (χ0v) is 9.27. The van der Waals surface area contributed by atoms with Crippen molar-refractivity contribution < 1.29 is 9.90 Å². The summed E-state index contributed by atoms with van der Waals surface area (Å²) in [5.74, 6) is -0.913. The van der Waals surface area contributed by atoms with Gasteiger partial charge in [0, 0.05) is 11.9 Å². The first-order chi connectivity index (χ1) is 7.58. The summed E-state index contributed by atoms with van der Waals surface area (Å²) < 4.78 is 1.68. The Morgan fingerprint density at radius 1 is 1.19 bits per heavy atom. The summed E-state index contributed by atoms with van der Waals surface area (Å²) in [7, 11) is 0. The quantitative estimate of drug-likeness (QED) is 0.837. The molecule has 1 aromatic heterocycles. The van der Waals surface area contributed by atoms with Gasteiger partial charge in [0.05, 0.1) is 0 Å². The van der Waals surface area contributed by atoms with Gasteiger partial charge in [0.25, 0.3) is 0 Å². The molecule has 1 heterocycles. The van der Waals surface area contributed by atoms with Crippen molar-refractivity contribution >= 4 is 5.97 Å². The van der Waals surface area contributed by atoms with Crippen LogP contribution in [0.15, 0.2) is 36.5 Å². The lowest BCUT2D eigenvalue weighted by Crippen LogP contribution is -2.05. The molecule has 0 aliphatic heterocycles. The van der Waals surface area contributed by atoms with Crippen LogP contribution < -0.4 is 0 Å². The summed E-state index contributed by atoms with van der Waals surface area (Å²) in [6, 6.07) is 9.34. The lowest BCUT2D eigenvalue weighted by atomic mass is 10.1. The third-order valence-corrected chi connectivity index (χ3v) is 2.45. The van der Waals surface area contributed by atoms with E-state index < -0.39 is 5.97 Å². The van der Waals surface area contributed by atoms with Crippen LogP contribution in [0.1, 0.15) is 21.6 Å². The first kappa shape index (κ1) is 10.5. The van der Waals surface area contributed by atoms with Gasteiger partial charge < -0.3 is 9.67 Å². The predicted octanol–water partition coefficient (Wildman–Crippen LogP) is 2.79. The number of carboxylic acid groups (broad SMARTS) is 1. The molecule has 0 aliphatic carbocycles. The first-order valence-electron chi connectivity index (χ1n) is 5.07. The van der Waals surface area contributed by atoms with Crippen molar-refractivity contribution in [3.8, 4) is 5.69 Å². The van der Waals surface area contributed by atoms with Gasteiger partial charge in [0.2, 0.25) is 0 Å². The molecule has 0 atom stereocenters. The summed E-state index contributed by atoms with van der Waals surface area (Å²) in [6.45, 7) is 4.00. The highest BCUT2D eigenvalue weighted by Gasteiger charge is 2.10. The Morgan fingerprint density at radius 3 is 2.38 bits per heavy atom. The van der Waals surface area contributed by atoms with E-state index in [0.717, 1.165) is 16.8 Å². The Hall–Kier alpha value is -2.03. The smallest absolute Gasteiger partial charge is 0.352 e. The van der Waals surface area contributed by atoms with Gasteiger partial charge in [-0.25, -0.2) is 4.79 Å². The number of aromatic carboxylic acids is 1. The van der Waals surface area contributed by atoms with Crippen molar-refractivity contribution in [2.45, 2.75) is 13.8 Å². The molecule has 0 saturated heterocycles. The predicted molar refractivity (Wildman–Crippen MR) is 62.2 cm³/mol. The van der Waals surface area contributed by atoms with Crippen LogP contribution in [0, 0.1) is 13.8 Å². The highest BCUT2D eigenvalue weighted by molar-refractivity contribution is 5.86. The number of benzene rings is 1. The fraction of sp³-hybridized carbons (Fsp3) is 0.154. The summed E-state index contributed by atoms with van der Waals surface area (Å²) >= 11 is 0. The average Bonchev–Trinajstić information content (AvgIpc) is 2.63. The molecule has 0 fully saturated rings. The van der Waals surface area contributed by atoms with Crippen molar-refractivity contribution in [3.05, 3.63) is 53.3 Å². The minimum atomic E-state index is -0.913. The zero-order chi connectivity index (χ0) is 11.7. The maximum atomic E-state index is 11.0. The second kappa shape index (κ2) is 3.85. The SMILES string of the molecule is Cc1cc(C)cc(-n2cccc2C(=O)O)c1. The van der Waals surface area contributed by atoms with Gasteiger partial charge in [-0.15, -0.1) is 0 Å². The van der Waals surface area contributed by atoms with E-state index in [1.54, 1.807) is 22.9 Å². The standard InChI is InChI=1S/C13H13NO2/c1-9-6-10(2)8-11(7-9)14-5-3-4-12(14)13(15)16/h3-8H,1-2H3,(H,15,16). The molecule has 0 bridgehead atoms. The molecule has 3 heteroatoms. The van der Waals surface area contributed by atoms with E-state index in [1.807, 2.05) is 26.0 Å². The summed E-state index contributed by atoms with van der Waals surface area (Å²) in [6.07, 6.45) is 1.76. The molecular formula is C13H13NO2. The minimum Gasteiger partial charge on any atom is -0.477 e. The molecule has 0 spiro atoms. The Balaban J connectivity index is 2.58. The number of hydrogen-bond acceptors (Lipinski definition) is 1. The van der Waals surface area contributed by atoms with Gasteiger partial charge in [-0.2, -0.15) is 0 Å². The molecule has 0 unspecified atom stereocenters. The molecule has 16 heavy (non-hydrogen) atoms. The third-order valence-electron chi connectivity index (χ3n) is 2.45. The Bertz CT molecular complexity index is 520. The topological polar surface area (TPSA) is 42.2 Å². The van der Waals surface area contributed by atoms with E-state index in [4.69, 9.17) is 5.11 Å². The van der Waals surface area contributed by atoms with Crippen LogP contribution >= 0.6 is 0 Å². The summed E-state index contributed by atoms with van der Waals surface area (Å²) in [5.41, 5.74) is 3.42. The summed E-state index contributed by atoms with van der Waals surface area (Å²) in [4.78, 5) is 11.0. The fourth-order valence-electron chi connectivity index (χ4n) is 1.87. The van der Waals surface area contributed by atoms with Crippen LogP contribution in [-0.2, 0) is 0 Å². The normalized spacial score (nSPS) is 10.4. The molecule has 0 radical (unpaired) electrons. The fourth-order valence-corrected chi connectivity index (χ4v) is 1.87. The van der Waals surface area contributed by atoms with Gasteiger partial charge in [-0.05, 0) is 49.2 Å². The molecule has 2 rings (SSSR count). The average molecular weight is 215 g/mol. The van der Waals surface area contributed by atoms with Gasteiger partial charge in [-0.1, -0.05) is 6.07 Å². The van der Waals surface area contributed by atoms with Gasteiger partial charge in [0.1, 0.15) is 5.69 Å².